The van der Waals surface area contributed by atoms with Crippen LogP contribution >= 0.6 is 0 Å². The molecule has 0 saturated carbocycles. The van der Waals surface area contributed by atoms with Gasteiger partial charge in [0.05, 0.1) is 13.2 Å². The van der Waals surface area contributed by atoms with Gasteiger partial charge in [-0.25, -0.2) is 4.79 Å². The van der Waals surface area contributed by atoms with Crippen molar-refractivity contribution in [2.45, 2.75) is 0 Å². The fraction of sp³-hybridized carbons (Fsp3) is 0.200. The van der Waals surface area contributed by atoms with Crippen molar-refractivity contribution in [3.8, 4) is 5.75 Å². The molecule has 5 nitrogen and oxygen atoms in total. The molecule has 2 aromatic rings. The number of ether oxygens (including phenoxy) is 2. The Morgan fingerprint density at radius 2 is 1.64 bits per heavy atom. The third-order valence-corrected chi connectivity index (χ3v) is 3.86. The van der Waals surface area contributed by atoms with Crippen LogP contribution in [0.25, 0.3) is 6.08 Å². The molecule has 25 heavy (non-hydrogen) atoms. The summed E-state index contributed by atoms with van der Waals surface area (Å²) in [6, 6.07) is 16.2. The maximum absolute atomic E-state index is 12.2. The topological polar surface area (TPSA) is 55.8 Å². The highest BCUT2D eigenvalue weighted by atomic mass is 16.6. The average molecular weight is 337 g/mol. The van der Waals surface area contributed by atoms with Gasteiger partial charge in [-0.3, -0.25) is 4.79 Å². The van der Waals surface area contributed by atoms with Gasteiger partial charge in [0.2, 0.25) is 0 Å². The Balaban J connectivity index is 1.71. The Bertz CT molecular complexity index is 764. The van der Waals surface area contributed by atoms with Gasteiger partial charge in [0.15, 0.2) is 5.78 Å². The first kappa shape index (κ1) is 16.9. The Kier molecular flexibility index (Phi) is 5.59. The molecule has 0 bridgehead atoms. The number of hydrogen-bond donors (Lipinski definition) is 0. The van der Waals surface area contributed by atoms with Crippen LogP contribution in [0.2, 0.25) is 0 Å². The summed E-state index contributed by atoms with van der Waals surface area (Å²) in [6.45, 7) is 2.07. The van der Waals surface area contributed by atoms with E-state index in [-0.39, 0.29) is 5.78 Å². The molecular weight excluding hydrogens is 318 g/mol. The molecule has 1 aliphatic heterocycles. The molecule has 5 heteroatoms. The summed E-state index contributed by atoms with van der Waals surface area (Å²) in [6.07, 6.45) is 2.74. The number of carbonyl (C=O) groups excluding carboxylic acids is 2. The number of para-hydroxylation sites is 1. The van der Waals surface area contributed by atoms with Crippen molar-refractivity contribution in [2.75, 3.05) is 26.3 Å². The summed E-state index contributed by atoms with van der Waals surface area (Å²) in [5, 5.41) is 0. The predicted molar refractivity (Wildman–Crippen MR) is 94.7 cm³/mol. The number of rotatable bonds is 4. The van der Waals surface area contributed by atoms with E-state index in [1.807, 2.05) is 24.3 Å². The number of nitrogens with zero attached hydrogens (tertiary/aromatic N) is 1. The lowest BCUT2D eigenvalue weighted by molar-refractivity contribution is 0.0416. The predicted octanol–water partition coefficient (Wildman–Crippen LogP) is 3.41. The zero-order chi connectivity index (χ0) is 17.5. The van der Waals surface area contributed by atoms with E-state index >= 15 is 0 Å². The molecule has 0 N–H and O–H groups in total. The van der Waals surface area contributed by atoms with Crippen LogP contribution in [0.5, 0.6) is 5.75 Å². The van der Waals surface area contributed by atoms with Crippen LogP contribution in [-0.2, 0) is 4.74 Å². The summed E-state index contributed by atoms with van der Waals surface area (Å²) >= 11 is 0. The van der Waals surface area contributed by atoms with Crippen molar-refractivity contribution >= 4 is 18.0 Å². The third-order valence-electron chi connectivity index (χ3n) is 3.86. The van der Waals surface area contributed by atoms with Gasteiger partial charge in [-0.1, -0.05) is 48.5 Å². The first-order chi connectivity index (χ1) is 12.2. The Morgan fingerprint density at radius 1 is 0.960 bits per heavy atom. The largest absolute Gasteiger partial charge is 0.415 e. The van der Waals surface area contributed by atoms with Crippen molar-refractivity contribution in [2.24, 2.45) is 0 Å². The van der Waals surface area contributed by atoms with Crippen LogP contribution in [0.3, 0.4) is 0 Å². The van der Waals surface area contributed by atoms with E-state index in [4.69, 9.17) is 9.47 Å². The molecule has 1 fully saturated rings. The van der Waals surface area contributed by atoms with Crippen LogP contribution in [0, 0.1) is 0 Å². The molecule has 0 aliphatic carbocycles. The minimum absolute atomic E-state index is 0.102. The van der Waals surface area contributed by atoms with Gasteiger partial charge < -0.3 is 14.4 Å². The Labute approximate surface area is 146 Å². The summed E-state index contributed by atoms with van der Waals surface area (Å²) in [5.41, 5.74) is 1.29. The molecule has 0 atom stereocenters. The van der Waals surface area contributed by atoms with Crippen molar-refractivity contribution in [1.29, 1.82) is 0 Å². The second-order valence-electron chi connectivity index (χ2n) is 5.57. The Hall–Kier alpha value is -2.92. The van der Waals surface area contributed by atoms with E-state index in [1.165, 1.54) is 6.08 Å². The van der Waals surface area contributed by atoms with Crippen LogP contribution in [0.4, 0.5) is 4.79 Å². The van der Waals surface area contributed by atoms with Gasteiger partial charge in [-0.15, -0.1) is 0 Å². The highest BCUT2D eigenvalue weighted by molar-refractivity contribution is 6.06. The highest BCUT2D eigenvalue weighted by Crippen LogP contribution is 2.21. The van der Waals surface area contributed by atoms with Crippen LogP contribution < -0.4 is 4.74 Å². The SMILES string of the molecule is O=C(/C=C/c1ccccc1OC(=O)N1CCOCC1)c1ccccc1. The van der Waals surface area contributed by atoms with E-state index in [9.17, 15) is 9.59 Å². The second kappa shape index (κ2) is 8.26. The minimum Gasteiger partial charge on any atom is -0.410 e. The molecule has 1 saturated heterocycles. The third kappa shape index (κ3) is 4.55. The van der Waals surface area contributed by atoms with Gasteiger partial charge in [-0.2, -0.15) is 0 Å². The molecular formula is C20H19NO4. The lowest BCUT2D eigenvalue weighted by Gasteiger charge is -2.26. The van der Waals surface area contributed by atoms with Gasteiger partial charge in [-0.05, 0) is 18.2 Å². The van der Waals surface area contributed by atoms with E-state index in [2.05, 4.69) is 0 Å². The molecule has 2 aromatic carbocycles. The minimum atomic E-state index is -0.404. The van der Waals surface area contributed by atoms with Crippen molar-refractivity contribution in [3.05, 3.63) is 71.8 Å². The molecule has 128 valence electrons. The summed E-state index contributed by atoms with van der Waals surface area (Å²) in [7, 11) is 0. The van der Waals surface area contributed by atoms with Crippen LogP contribution in [0.1, 0.15) is 15.9 Å². The summed E-state index contributed by atoms with van der Waals surface area (Å²) in [4.78, 5) is 26.0. The fourth-order valence-corrected chi connectivity index (χ4v) is 2.48. The number of benzene rings is 2. The maximum Gasteiger partial charge on any atom is 0.415 e. The molecule has 3 rings (SSSR count). The zero-order valence-corrected chi connectivity index (χ0v) is 13.8. The monoisotopic (exact) mass is 337 g/mol. The molecule has 0 spiro atoms. The highest BCUT2D eigenvalue weighted by Gasteiger charge is 2.19. The smallest absolute Gasteiger partial charge is 0.410 e. The zero-order valence-electron chi connectivity index (χ0n) is 13.8. The first-order valence-electron chi connectivity index (χ1n) is 8.15. The number of hydrogen-bond acceptors (Lipinski definition) is 4. The Morgan fingerprint density at radius 3 is 2.40 bits per heavy atom. The molecule has 1 amide bonds. The van der Waals surface area contributed by atoms with Gasteiger partial charge in [0.1, 0.15) is 5.75 Å². The van der Waals surface area contributed by atoms with Gasteiger partial charge >= 0.3 is 6.09 Å². The van der Waals surface area contributed by atoms with Crippen molar-refractivity contribution in [3.63, 3.8) is 0 Å². The summed E-state index contributed by atoms with van der Waals surface area (Å²) in [5.74, 6) is 0.325. The van der Waals surface area contributed by atoms with Crippen LogP contribution in [-0.4, -0.2) is 43.1 Å². The quantitative estimate of drug-likeness (QED) is 0.634. The van der Waals surface area contributed by atoms with E-state index in [0.29, 0.717) is 43.2 Å². The van der Waals surface area contributed by atoms with Gasteiger partial charge in [0.25, 0.3) is 0 Å². The number of carbonyl (C=O) groups is 2. The lowest BCUT2D eigenvalue weighted by Crippen LogP contribution is -2.42. The number of amides is 1. The molecule has 0 aromatic heterocycles. The number of allylic oxidation sites excluding steroid dienone is 1. The van der Waals surface area contributed by atoms with Crippen LogP contribution in [0.15, 0.2) is 60.7 Å². The molecule has 0 radical (unpaired) electrons. The molecule has 1 aliphatic rings. The normalized spacial score (nSPS) is 14.5. The van der Waals surface area contributed by atoms with Crippen molar-refractivity contribution < 1.29 is 19.1 Å². The second-order valence-corrected chi connectivity index (χ2v) is 5.57. The first-order valence-corrected chi connectivity index (χ1v) is 8.15. The number of ketones is 1. The number of morpholine rings is 1. The van der Waals surface area contributed by atoms with E-state index in [1.54, 1.807) is 41.3 Å². The average Bonchev–Trinajstić information content (AvgIpc) is 2.68. The summed E-state index contributed by atoms with van der Waals surface area (Å²) < 4.78 is 10.7. The van der Waals surface area contributed by atoms with Crippen molar-refractivity contribution in [1.82, 2.24) is 4.90 Å². The maximum atomic E-state index is 12.2. The fourth-order valence-electron chi connectivity index (χ4n) is 2.48. The van der Waals surface area contributed by atoms with E-state index in [0.717, 1.165) is 0 Å². The molecule has 1 heterocycles. The van der Waals surface area contributed by atoms with Gasteiger partial charge in [0, 0.05) is 24.2 Å². The lowest BCUT2D eigenvalue weighted by atomic mass is 10.1. The standard InChI is InChI=1S/C20H19NO4/c22-18(16-6-2-1-3-7-16)11-10-17-8-4-5-9-19(17)25-20(23)21-12-14-24-15-13-21/h1-11H,12-15H2/b11-10+. The van der Waals surface area contributed by atoms with E-state index < -0.39 is 6.09 Å². The molecule has 0 unspecified atom stereocenters.